The standard InChI is InChI=1S/C18H27N7O.HI/c1-19-18(22-11-14-25-12-5-2-6-13-25)21-10-8-16-23-17(26-24-16)15-7-3-4-9-20-15;/h3-4,7,9H,2,5-6,8,10-14H2,1H3,(H2,19,21,22);1H. The third-order valence-electron chi connectivity index (χ3n) is 4.39. The molecule has 1 saturated heterocycles. The largest absolute Gasteiger partial charge is 0.356 e. The quantitative estimate of drug-likeness (QED) is 0.352. The molecule has 0 unspecified atom stereocenters. The van der Waals surface area contributed by atoms with Gasteiger partial charge >= 0.3 is 0 Å². The van der Waals surface area contributed by atoms with E-state index in [2.05, 4.69) is 35.7 Å². The SMILES string of the molecule is CN=C(NCCc1noc(-c2ccccn2)n1)NCCN1CCCCC1.I. The molecule has 0 radical (unpaired) electrons. The number of pyridine rings is 1. The van der Waals surface area contributed by atoms with Crippen molar-refractivity contribution in [3.8, 4) is 11.6 Å². The second-order valence-corrected chi connectivity index (χ2v) is 6.31. The summed E-state index contributed by atoms with van der Waals surface area (Å²) in [4.78, 5) is 15.3. The van der Waals surface area contributed by atoms with Crippen molar-refractivity contribution < 1.29 is 4.52 Å². The fourth-order valence-electron chi connectivity index (χ4n) is 2.98. The van der Waals surface area contributed by atoms with E-state index >= 15 is 0 Å². The number of hydrogen-bond acceptors (Lipinski definition) is 6. The Labute approximate surface area is 177 Å². The number of hydrogen-bond donors (Lipinski definition) is 2. The summed E-state index contributed by atoms with van der Waals surface area (Å²) in [5.41, 5.74) is 0.689. The lowest BCUT2D eigenvalue weighted by Crippen LogP contribution is -2.43. The maximum atomic E-state index is 5.26. The molecule has 1 fully saturated rings. The van der Waals surface area contributed by atoms with Crippen molar-refractivity contribution in [2.45, 2.75) is 25.7 Å². The molecule has 27 heavy (non-hydrogen) atoms. The Morgan fingerprint density at radius 2 is 2.00 bits per heavy atom. The highest BCUT2D eigenvalue weighted by Crippen LogP contribution is 2.13. The lowest BCUT2D eigenvalue weighted by Gasteiger charge is -2.26. The van der Waals surface area contributed by atoms with Crippen LogP contribution in [0.3, 0.4) is 0 Å². The molecular weight excluding hydrogens is 457 g/mol. The van der Waals surface area contributed by atoms with Gasteiger partial charge in [-0.05, 0) is 38.1 Å². The van der Waals surface area contributed by atoms with Crippen LogP contribution >= 0.6 is 24.0 Å². The average Bonchev–Trinajstić information content (AvgIpc) is 3.17. The molecule has 8 nitrogen and oxygen atoms in total. The Bertz CT molecular complexity index is 686. The van der Waals surface area contributed by atoms with Gasteiger partial charge in [-0.25, -0.2) is 0 Å². The second-order valence-electron chi connectivity index (χ2n) is 6.31. The van der Waals surface area contributed by atoms with Crippen LogP contribution in [0.1, 0.15) is 25.1 Å². The number of nitrogens with zero attached hydrogens (tertiary/aromatic N) is 5. The van der Waals surface area contributed by atoms with Gasteiger partial charge < -0.3 is 20.1 Å². The van der Waals surface area contributed by atoms with E-state index in [0.717, 1.165) is 19.0 Å². The fraction of sp³-hybridized carbons (Fsp3) is 0.556. The summed E-state index contributed by atoms with van der Waals surface area (Å²) in [6.07, 6.45) is 6.37. The maximum absolute atomic E-state index is 5.26. The topological polar surface area (TPSA) is 91.5 Å². The molecule has 1 aliphatic heterocycles. The van der Waals surface area contributed by atoms with Crippen LogP contribution in [0.15, 0.2) is 33.9 Å². The molecule has 3 heterocycles. The van der Waals surface area contributed by atoms with E-state index in [1.165, 1.54) is 32.4 Å². The van der Waals surface area contributed by atoms with E-state index in [-0.39, 0.29) is 24.0 Å². The van der Waals surface area contributed by atoms with Crippen LogP contribution in [0.25, 0.3) is 11.6 Å². The van der Waals surface area contributed by atoms with Crippen LogP contribution in [0.4, 0.5) is 0 Å². The van der Waals surface area contributed by atoms with Gasteiger partial charge in [0.2, 0.25) is 0 Å². The zero-order valence-electron chi connectivity index (χ0n) is 15.7. The number of aliphatic imine (C=N–C) groups is 1. The molecule has 0 atom stereocenters. The van der Waals surface area contributed by atoms with Crippen molar-refractivity contribution in [3.63, 3.8) is 0 Å². The molecule has 0 aromatic carbocycles. The third kappa shape index (κ3) is 7.06. The van der Waals surface area contributed by atoms with Gasteiger partial charge in [0.1, 0.15) is 5.69 Å². The third-order valence-corrected chi connectivity index (χ3v) is 4.39. The molecule has 9 heteroatoms. The summed E-state index contributed by atoms with van der Waals surface area (Å²) in [6, 6.07) is 5.60. The van der Waals surface area contributed by atoms with Crippen molar-refractivity contribution in [1.82, 2.24) is 30.7 Å². The van der Waals surface area contributed by atoms with Crippen molar-refractivity contribution in [3.05, 3.63) is 30.2 Å². The first kappa shape index (κ1) is 21.5. The van der Waals surface area contributed by atoms with E-state index in [1.54, 1.807) is 13.2 Å². The van der Waals surface area contributed by atoms with Crippen molar-refractivity contribution in [2.75, 3.05) is 39.8 Å². The highest BCUT2D eigenvalue weighted by Gasteiger charge is 2.11. The Hall–Kier alpha value is -1.75. The smallest absolute Gasteiger partial charge is 0.276 e. The Morgan fingerprint density at radius 1 is 1.19 bits per heavy atom. The van der Waals surface area contributed by atoms with Crippen LogP contribution in [-0.4, -0.2) is 65.8 Å². The lowest BCUT2D eigenvalue weighted by atomic mass is 10.1. The number of guanidine groups is 1. The van der Waals surface area contributed by atoms with E-state index in [9.17, 15) is 0 Å². The van der Waals surface area contributed by atoms with Crippen LogP contribution in [-0.2, 0) is 6.42 Å². The van der Waals surface area contributed by atoms with E-state index < -0.39 is 0 Å². The first-order chi connectivity index (χ1) is 12.8. The minimum absolute atomic E-state index is 0. The van der Waals surface area contributed by atoms with Crippen molar-refractivity contribution >= 4 is 29.9 Å². The minimum atomic E-state index is 0. The highest BCUT2D eigenvalue weighted by molar-refractivity contribution is 14.0. The average molecular weight is 485 g/mol. The molecule has 1 aliphatic rings. The number of piperidine rings is 1. The summed E-state index contributed by atoms with van der Waals surface area (Å²) in [5, 5.41) is 10.7. The van der Waals surface area contributed by atoms with Crippen LogP contribution in [0, 0.1) is 0 Å². The Morgan fingerprint density at radius 3 is 2.74 bits per heavy atom. The van der Waals surface area contributed by atoms with Gasteiger partial charge in [-0.15, -0.1) is 24.0 Å². The molecule has 2 N–H and O–H groups in total. The first-order valence-corrected chi connectivity index (χ1v) is 9.26. The molecule has 148 valence electrons. The Kier molecular flexibility index (Phi) is 9.46. The number of nitrogens with one attached hydrogen (secondary N) is 2. The van der Waals surface area contributed by atoms with Crippen LogP contribution < -0.4 is 10.6 Å². The van der Waals surface area contributed by atoms with E-state index in [1.807, 2.05) is 18.2 Å². The molecule has 0 aliphatic carbocycles. The minimum Gasteiger partial charge on any atom is -0.356 e. The van der Waals surface area contributed by atoms with Gasteiger partial charge in [0.05, 0.1) is 0 Å². The number of likely N-dealkylation sites (tertiary alicyclic amines) is 1. The molecule has 3 rings (SSSR count). The summed E-state index contributed by atoms with van der Waals surface area (Å²) in [7, 11) is 1.78. The molecular formula is C18H28IN7O. The molecule has 0 saturated carbocycles. The van der Waals surface area contributed by atoms with Gasteiger partial charge in [0.15, 0.2) is 11.8 Å². The van der Waals surface area contributed by atoms with Gasteiger partial charge in [-0.2, -0.15) is 4.98 Å². The number of aromatic nitrogens is 3. The predicted octanol–water partition coefficient (Wildman–Crippen LogP) is 1.94. The zero-order valence-corrected chi connectivity index (χ0v) is 18.1. The number of halogens is 1. The molecule has 0 bridgehead atoms. The van der Waals surface area contributed by atoms with Gasteiger partial charge in [0.25, 0.3) is 5.89 Å². The van der Waals surface area contributed by atoms with Gasteiger partial charge in [0, 0.05) is 39.3 Å². The lowest BCUT2D eigenvalue weighted by molar-refractivity contribution is 0.232. The van der Waals surface area contributed by atoms with Crippen molar-refractivity contribution in [2.24, 2.45) is 4.99 Å². The molecule has 0 amide bonds. The molecule has 2 aromatic heterocycles. The molecule has 0 spiro atoms. The maximum Gasteiger partial charge on any atom is 0.276 e. The zero-order chi connectivity index (χ0) is 18.0. The van der Waals surface area contributed by atoms with Gasteiger partial charge in [-0.1, -0.05) is 17.6 Å². The van der Waals surface area contributed by atoms with Crippen LogP contribution in [0.2, 0.25) is 0 Å². The second kappa shape index (κ2) is 11.9. The molecule has 2 aromatic rings. The summed E-state index contributed by atoms with van der Waals surface area (Å²) >= 11 is 0. The number of rotatable bonds is 7. The van der Waals surface area contributed by atoms with E-state index in [0.29, 0.717) is 30.4 Å². The predicted molar refractivity (Wildman–Crippen MR) is 116 cm³/mol. The monoisotopic (exact) mass is 485 g/mol. The summed E-state index contributed by atoms with van der Waals surface area (Å²) < 4.78 is 5.26. The van der Waals surface area contributed by atoms with E-state index in [4.69, 9.17) is 4.52 Å². The van der Waals surface area contributed by atoms with Crippen molar-refractivity contribution in [1.29, 1.82) is 0 Å². The summed E-state index contributed by atoms with van der Waals surface area (Å²) in [5.74, 6) is 1.90. The fourth-order valence-corrected chi connectivity index (χ4v) is 2.98. The normalized spacial score (nSPS) is 15.2. The first-order valence-electron chi connectivity index (χ1n) is 9.26. The highest BCUT2D eigenvalue weighted by atomic mass is 127. The van der Waals surface area contributed by atoms with Crippen LogP contribution in [0.5, 0.6) is 0 Å². The summed E-state index contributed by atoms with van der Waals surface area (Å²) in [6.45, 7) is 5.06. The Balaban J connectivity index is 0.00000261. The van der Waals surface area contributed by atoms with Gasteiger partial charge in [-0.3, -0.25) is 9.98 Å².